The Morgan fingerprint density at radius 1 is 1.08 bits per heavy atom. The first-order valence-corrected chi connectivity index (χ1v) is 13.4. The average molecular weight is 606 g/mol. The summed E-state index contributed by atoms with van der Waals surface area (Å²) in [7, 11) is -2.28. The molecule has 1 aromatic heterocycles. The van der Waals surface area contributed by atoms with Crippen molar-refractivity contribution in [2.24, 2.45) is 7.05 Å². The predicted octanol–water partition coefficient (Wildman–Crippen LogP) is 3.37. The molecule has 2 aromatic rings. The molecule has 1 saturated carbocycles. The van der Waals surface area contributed by atoms with Gasteiger partial charge in [0.1, 0.15) is 5.82 Å². The number of carbonyl (C=O) groups is 1. The fraction of sp³-hybridized carbons (Fsp3) is 0.571. The van der Waals surface area contributed by atoms with Crippen molar-refractivity contribution in [3.8, 4) is 0 Å². The van der Waals surface area contributed by atoms with E-state index in [0.29, 0.717) is 0 Å². The number of hydrogen-bond acceptors (Lipinski definition) is 6. The molecule has 0 unspecified atom stereocenters. The summed E-state index contributed by atoms with van der Waals surface area (Å²) in [5.41, 5.74) is -0.938. The van der Waals surface area contributed by atoms with Crippen molar-refractivity contribution in [2.45, 2.75) is 42.2 Å². The number of amides is 1. The molecule has 2 aliphatic rings. The van der Waals surface area contributed by atoms with E-state index in [1.165, 1.54) is 15.2 Å². The molecule has 1 amide bonds. The second-order valence-corrected chi connectivity index (χ2v) is 11.8. The second kappa shape index (κ2) is 11.2. The van der Waals surface area contributed by atoms with Crippen LogP contribution in [0.15, 0.2) is 23.4 Å². The van der Waals surface area contributed by atoms with Gasteiger partial charge < -0.3 is 5.32 Å². The number of alkyl halides is 2. The molecule has 1 aromatic carbocycles. The van der Waals surface area contributed by atoms with Gasteiger partial charge in [0.25, 0.3) is 15.9 Å². The van der Waals surface area contributed by atoms with Gasteiger partial charge >= 0.3 is 0 Å². The van der Waals surface area contributed by atoms with Crippen LogP contribution in [0.1, 0.15) is 36.0 Å². The number of rotatable bonds is 6. The zero-order valence-electron chi connectivity index (χ0n) is 19.8. The van der Waals surface area contributed by atoms with Crippen molar-refractivity contribution in [1.29, 1.82) is 0 Å². The van der Waals surface area contributed by atoms with Crippen LogP contribution in [-0.2, 0) is 17.1 Å². The van der Waals surface area contributed by atoms with E-state index in [4.69, 9.17) is 23.2 Å². The summed E-state index contributed by atoms with van der Waals surface area (Å²) in [6, 6.07) is 2.05. The van der Waals surface area contributed by atoms with Crippen LogP contribution in [0, 0.1) is 5.82 Å². The summed E-state index contributed by atoms with van der Waals surface area (Å²) in [6.45, 7) is 0.812. The van der Waals surface area contributed by atoms with E-state index in [1.54, 1.807) is 7.05 Å². The molecule has 1 N–H and O–H groups in total. The summed E-state index contributed by atoms with van der Waals surface area (Å²) in [5.74, 6) is -4.28. The van der Waals surface area contributed by atoms with Crippen molar-refractivity contribution < 1.29 is 26.4 Å². The van der Waals surface area contributed by atoms with Gasteiger partial charge in [-0.05, 0) is 25.0 Å². The Morgan fingerprint density at radius 3 is 2.27 bits per heavy atom. The first-order valence-electron chi connectivity index (χ1n) is 11.3. The van der Waals surface area contributed by atoms with Crippen molar-refractivity contribution >= 4 is 51.5 Å². The Hall–Kier alpha value is -1.64. The molecular formula is C21H26Cl3F3N6O3S. The van der Waals surface area contributed by atoms with Gasteiger partial charge in [-0.2, -0.15) is 4.31 Å². The number of aryl methyl sites for hydroxylation is 1. The molecule has 16 heteroatoms. The molecule has 0 atom stereocenters. The van der Waals surface area contributed by atoms with E-state index in [2.05, 4.69) is 15.6 Å². The number of benzene rings is 1. The third kappa shape index (κ3) is 6.34. The standard InChI is InChI=1S/C21H25Cl2F3N6O3S.ClH/c1-30-12-18(28-29-30)36(34,35)32-8-6-31(7-9-32)20(2-4-21(25,26)5-3-20)13-27-19(33)14-10-17(24)16(23)11-15(14)22;/h10-12H,2-9,13H2,1H3,(H,27,33);1H. The monoisotopic (exact) mass is 604 g/mol. The van der Waals surface area contributed by atoms with Crippen LogP contribution in [0.2, 0.25) is 10.0 Å². The molecule has 2 fully saturated rings. The molecule has 2 heterocycles. The lowest BCUT2D eigenvalue weighted by Crippen LogP contribution is -2.63. The van der Waals surface area contributed by atoms with Crippen LogP contribution in [0.25, 0.3) is 0 Å². The van der Waals surface area contributed by atoms with E-state index < -0.39 is 33.2 Å². The van der Waals surface area contributed by atoms with Crippen molar-refractivity contribution in [3.05, 3.63) is 39.8 Å². The fourth-order valence-electron chi connectivity index (χ4n) is 4.70. The molecule has 37 heavy (non-hydrogen) atoms. The highest BCUT2D eigenvalue weighted by molar-refractivity contribution is 7.89. The number of nitrogens with zero attached hydrogens (tertiary/aromatic N) is 5. The minimum absolute atomic E-state index is 0. The van der Waals surface area contributed by atoms with Crippen LogP contribution < -0.4 is 5.32 Å². The van der Waals surface area contributed by atoms with Gasteiger partial charge in [-0.15, -0.1) is 17.5 Å². The van der Waals surface area contributed by atoms with E-state index in [0.717, 1.165) is 12.1 Å². The Bertz CT molecular complexity index is 1250. The Balaban J connectivity index is 0.00000380. The molecule has 1 aliphatic carbocycles. The lowest BCUT2D eigenvalue weighted by Gasteiger charge is -2.50. The van der Waals surface area contributed by atoms with Gasteiger partial charge in [0.15, 0.2) is 0 Å². The maximum Gasteiger partial charge on any atom is 0.264 e. The molecule has 206 valence electrons. The number of aromatic nitrogens is 3. The summed E-state index contributed by atoms with van der Waals surface area (Å²) < 4.78 is 70.3. The highest BCUT2D eigenvalue weighted by Gasteiger charge is 2.48. The summed E-state index contributed by atoms with van der Waals surface area (Å²) >= 11 is 11.8. The Kier molecular flexibility index (Phi) is 9.08. The van der Waals surface area contributed by atoms with Crippen molar-refractivity contribution in [3.63, 3.8) is 0 Å². The van der Waals surface area contributed by atoms with E-state index in [9.17, 15) is 26.4 Å². The second-order valence-electron chi connectivity index (χ2n) is 9.13. The number of halogens is 6. The normalized spacial score (nSPS) is 20.3. The molecule has 0 spiro atoms. The van der Waals surface area contributed by atoms with Gasteiger partial charge in [-0.3, -0.25) is 14.4 Å². The van der Waals surface area contributed by atoms with Crippen LogP contribution in [0.4, 0.5) is 13.2 Å². The minimum Gasteiger partial charge on any atom is -0.350 e. The SMILES string of the molecule is Cl.Cn1cc(S(=O)(=O)N2CCN(C3(CNC(=O)c4cc(F)c(Cl)cc4Cl)CCC(F)(F)CC3)CC2)nn1. The van der Waals surface area contributed by atoms with Gasteiger partial charge in [0, 0.05) is 58.2 Å². The van der Waals surface area contributed by atoms with Crippen LogP contribution >= 0.6 is 35.6 Å². The molecule has 1 aliphatic heterocycles. The van der Waals surface area contributed by atoms with Crippen LogP contribution in [-0.4, -0.2) is 82.7 Å². The summed E-state index contributed by atoms with van der Waals surface area (Å²) in [6.07, 6.45) is 0.779. The van der Waals surface area contributed by atoms with Gasteiger partial charge in [0.05, 0.1) is 21.8 Å². The number of nitrogens with one attached hydrogen (secondary N) is 1. The minimum atomic E-state index is -3.85. The highest BCUT2D eigenvalue weighted by atomic mass is 35.5. The first kappa shape index (κ1) is 29.9. The van der Waals surface area contributed by atoms with Crippen LogP contribution in [0.5, 0.6) is 0 Å². The zero-order chi connectivity index (χ0) is 26.3. The van der Waals surface area contributed by atoms with Crippen molar-refractivity contribution in [1.82, 2.24) is 29.5 Å². The predicted molar refractivity (Wildman–Crippen MR) is 133 cm³/mol. The van der Waals surface area contributed by atoms with Gasteiger partial charge in [0.2, 0.25) is 10.9 Å². The summed E-state index contributed by atoms with van der Waals surface area (Å²) in [4.78, 5) is 14.7. The smallest absolute Gasteiger partial charge is 0.264 e. The molecule has 0 radical (unpaired) electrons. The number of hydrogen-bond donors (Lipinski definition) is 1. The zero-order valence-corrected chi connectivity index (χ0v) is 22.9. The fourth-order valence-corrected chi connectivity index (χ4v) is 6.50. The molecule has 4 rings (SSSR count). The lowest BCUT2D eigenvalue weighted by molar-refractivity contribution is -0.0856. The third-order valence-electron chi connectivity index (χ3n) is 6.84. The lowest BCUT2D eigenvalue weighted by atomic mass is 9.78. The van der Waals surface area contributed by atoms with Crippen LogP contribution in [0.3, 0.4) is 0 Å². The maximum absolute atomic E-state index is 14.0. The Labute approximate surface area is 228 Å². The Morgan fingerprint density at radius 2 is 1.70 bits per heavy atom. The number of carbonyl (C=O) groups excluding carboxylic acids is 1. The number of sulfonamides is 1. The van der Waals surface area contributed by atoms with E-state index >= 15 is 0 Å². The maximum atomic E-state index is 14.0. The first-order chi connectivity index (χ1) is 16.8. The third-order valence-corrected chi connectivity index (χ3v) is 9.20. The van der Waals surface area contributed by atoms with Gasteiger partial charge in [-0.25, -0.2) is 21.6 Å². The molecule has 9 nitrogen and oxygen atoms in total. The topological polar surface area (TPSA) is 100 Å². The molecule has 0 bridgehead atoms. The van der Waals surface area contributed by atoms with Gasteiger partial charge in [-0.1, -0.05) is 28.4 Å². The molecule has 1 saturated heterocycles. The quantitative estimate of drug-likeness (QED) is 0.507. The van der Waals surface area contributed by atoms with E-state index in [-0.39, 0.29) is 91.4 Å². The number of piperazine rings is 1. The van der Waals surface area contributed by atoms with E-state index in [1.807, 2.05) is 4.90 Å². The highest BCUT2D eigenvalue weighted by Crippen LogP contribution is 2.42. The largest absolute Gasteiger partial charge is 0.350 e. The van der Waals surface area contributed by atoms with Crippen molar-refractivity contribution in [2.75, 3.05) is 32.7 Å². The average Bonchev–Trinajstić information content (AvgIpc) is 3.28. The molecular weight excluding hydrogens is 580 g/mol. The summed E-state index contributed by atoms with van der Waals surface area (Å²) in [5, 5.41) is 9.66.